The molecular formula is C10H17Cl2N3OS. The summed E-state index contributed by atoms with van der Waals surface area (Å²) in [6.45, 7) is 0.919. The molecule has 7 heteroatoms. The molecule has 2 N–H and O–H groups in total. The maximum Gasteiger partial charge on any atom is 0.236 e. The predicted octanol–water partition coefficient (Wildman–Crippen LogP) is 2.00. The van der Waals surface area contributed by atoms with Crippen LogP contribution in [0.4, 0.5) is 0 Å². The molecule has 0 aliphatic carbocycles. The van der Waals surface area contributed by atoms with Gasteiger partial charge in [-0.3, -0.25) is 4.79 Å². The van der Waals surface area contributed by atoms with Crippen LogP contribution in [0.1, 0.15) is 30.3 Å². The zero-order valence-electron chi connectivity index (χ0n) is 9.37. The molecule has 1 fully saturated rings. The number of thiazole rings is 1. The fourth-order valence-electron chi connectivity index (χ4n) is 2.00. The minimum Gasteiger partial charge on any atom is -0.332 e. The number of rotatable bonds is 2. The van der Waals surface area contributed by atoms with Crippen LogP contribution in [0, 0.1) is 0 Å². The van der Waals surface area contributed by atoms with E-state index in [2.05, 4.69) is 4.98 Å². The van der Waals surface area contributed by atoms with Crippen molar-refractivity contribution in [3.8, 4) is 0 Å². The summed E-state index contributed by atoms with van der Waals surface area (Å²) in [6.07, 6.45) is 5.05. The van der Waals surface area contributed by atoms with Crippen LogP contribution in [0.5, 0.6) is 0 Å². The molecule has 1 atom stereocenters. The molecule has 1 aromatic heterocycles. The minimum absolute atomic E-state index is 0. The summed E-state index contributed by atoms with van der Waals surface area (Å²) in [7, 11) is 0. The summed E-state index contributed by atoms with van der Waals surface area (Å²) in [5.41, 5.74) is 5.41. The van der Waals surface area contributed by atoms with Gasteiger partial charge in [-0.05, 0) is 19.3 Å². The molecule has 1 aliphatic heterocycles. The van der Waals surface area contributed by atoms with Gasteiger partial charge in [-0.1, -0.05) is 0 Å². The van der Waals surface area contributed by atoms with E-state index >= 15 is 0 Å². The molecule has 17 heavy (non-hydrogen) atoms. The van der Waals surface area contributed by atoms with E-state index < -0.39 is 0 Å². The number of carbonyl (C=O) groups excluding carboxylic acids is 1. The average Bonchev–Trinajstić information content (AvgIpc) is 2.81. The molecule has 1 aliphatic rings. The lowest BCUT2D eigenvalue weighted by atomic mass is 10.0. The van der Waals surface area contributed by atoms with Crippen LogP contribution in [-0.2, 0) is 4.79 Å². The van der Waals surface area contributed by atoms with E-state index in [-0.39, 0.29) is 43.3 Å². The summed E-state index contributed by atoms with van der Waals surface area (Å²) in [4.78, 5) is 17.8. The summed E-state index contributed by atoms with van der Waals surface area (Å²) in [5.74, 6) is 0.0369. The van der Waals surface area contributed by atoms with Gasteiger partial charge in [0.1, 0.15) is 5.01 Å². The zero-order chi connectivity index (χ0) is 10.7. The van der Waals surface area contributed by atoms with Gasteiger partial charge < -0.3 is 10.6 Å². The first-order valence-corrected chi connectivity index (χ1v) is 6.10. The molecule has 4 nitrogen and oxygen atoms in total. The topological polar surface area (TPSA) is 59.2 Å². The maximum atomic E-state index is 11.7. The van der Waals surface area contributed by atoms with Gasteiger partial charge in [0.2, 0.25) is 5.91 Å². The molecule has 1 saturated heterocycles. The summed E-state index contributed by atoms with van der Waals surface area (Å²) in [5, 5.41) is 2.99. The van der Waals surface area contributed by atoms with E-state index in [0.717, 1.165) is 24.4 Å². The smallest absolute Gasteiger partial charge is 0.236 e. The van der Waals surface area contributed by atoms with Gasteiger partial charge in [0.05, 0.1) is 12.6 Å². The number of nitrogens with zero attached hydrogens (tertiary/aromatic N) is 2. The fourth-order valence-corrected chi connectivity index (χ4v) is 2.79. The van der Waals surface area contributed by atoms with Crippen molar-refractivity contribution in [3.63, 3.8) is 0 Å². The molecule has 0 spiro atoms. The highest BCUT2D eigenvalue weighted by atomic mass is 35.5. The Balaban J connectivity index is 0.00000128. The van der Waals surface area contributed by atoms with E-state index in [1.165, 1.54) is 6.42 Å². The first-order chi connectivity index (χ1) is 7.33. The highest BCUT2D eigenvalue weighted by Crippen LogP contribution is 2.31. The van der Waals surface area contributed by atoms with Crippen LogP contribution in [0.3, 0.4) is 0 Å². The second-order valence-electron chi connectivity index (χ2n) is 3.67. The molecule has 2 heterocycles. The minimum atomic E-state index is 0. The van der Waals surface area contributed by atoms with E-state index in [1.54, 1.807) is 17.5 Å². The van der Waals surface area contributed by atoms with Crippen molar-refractivity contribution >= 4 is 42.1 Å². The Labute approximate surface area is 117 Å². The van der Waals surface area contributed by atoms with Crippen LogP contribution in [0.2, 0.25) is 0 Å². The fraction of sp³-hybridized carbons (Fsp3) is 0.600. The van der Waals surface area contributed by atoms with E-state index in [9.17, 15) is 4.79 Å². The third kappa shape index (κ3) is 3.81. The standard InChI is InChI=1S/C10H15N3OS.2ClH/c11-7-9(14)13-5-2-1-3-8(13)10-12-4-6-15-10;;/h4,6,8H,1-3,5,7,11H2;2*1H. The number of hydrogen-bond donors (Lipinski definition) is 1. The first-order valence-electron chi connectivity index (χ1n) is 5.22. The van der Waals surface area contributed by atoms with E-state index in [4.69, 9.17) is 5.73 Å². The number of likely N-dealkylation sites (tertiary alicyclic amines) is 1. The Kier molecular flexibility index (Phi) is 7.70. The van der Waals surface area contributed by atoms with Gasteiger partial charge in [0.15, 0.2) is 0 Å². The van der Waals surface area contributed by atoms with Crippen LogP contribution < -0.4 is 5.73 Å². The number of aromatic nitrogens is 1. The van der Waals surface area contributed by atoms with Crippen LogP contribution in [0.15, 0.2) is 11.6 Å². The molecule has 0 aromatic carbocycles. The SMILES string of the molecule is Cl.Cl.NCC(=O)N1CCCCC1c1nccs1. The van der Waals surface area contributed by atoms with Crippen LogP contribution >= 0.6 is 36.2 Å². The molecule has 98 valence electrons. The van der Waals surface area contributed by atoms with Gasteiger partial charge >= 0.3 is 0 Å². The Morgan fingerprint density at radius 2 is 2.29 bits per heavy atom. The largest absolute Gasteiger partial charge is 0.332 e. The Morgan fingerprint density at radius 1 is 1.53 bits per heavy atom. The summed E-state index contributed by atoms with van der Waals surface area (Å²) >= 11 is 1.62. The van der Waals surface area contributed by atoms with Gasteiger partial charge in [0, 0.05) is 18.1 Å². The van der Waals surface area contributed by atoms with E-state index in [0.29, 0.717) is 0 Å². The third-order valence-corrected chi connectivity index (χ3v) is 3.61. The van der Waals surface area contributed by atoms with Crippen LogP contribution in [-0.4, -0.2) is 28.9 Å². The van der Waals surface area contributed by atoms with Crippen molar-refractivity contribution in [2.24, 2.45) is 5.73 Å². The molecular weight excluding hydrogens is 281 g/mol. The predicted molar refractivity (Wildman–Crippen MR) is 74.0 cm³/mol. The molecule has 1 amide bonds. The lowest BCUT2D eigenvalue weighted by molar-refractivity contribution is -0.133. The normalized spacial score (nSPS) is 19.1. The van der Waals surface area contributed by atoms with Gasteiger partial charge in [-0.2, -0.15) is 0 Å². The lowest BCUT2D eigenvalue weighted by Gasteiger charge is -2.34. The highest BCUT2D eigenvalue weighted by molar-refractivity contribution is 7.09. The van der Waals surface area contributed by atoms with E-state index in [1.807, 2.05) is 10.3 Å². The number of nitrogens with two attached hydrogens (primary N) is 1. The second kappa shape index (κ2) is 7.87. The molecule has 0 saturated carbocycles. The third-order valence-electron chi connectivity index (χ3n) is 2.73. The maximum absolute atomic E-state index is 11.7. The number of piperidine rings is 1. The van der Waals surface area contributed by atoms with Crippen molar-refractivity contribution in [2.45, 2.75) is 25.3 Å². The van der Waals surface area contributed by atoms with Crippen molar-refractivity contribution in [3.05, 3.63) is 16.6 Å². The monoisotopic (exact) mass is 297 g/mol. The van der Waals surface area contributed by atoms with Crippen molar-refractivity contribution < 1.29 is 4.79 Å². The highest BCUT2D eigenvalue weighted by Gasteiger charge is 2.28. The van der Waals surface area contributed by atoms with Crippen molar-refractivity contribution in [1.82, 2.24) is 9.88 Å². The quantitative estimate of drug-likeness (QED) is 0.908. The molecule has 1 aromatic rings. The number of amides is 1. The number of halogens is 2. The van der Waals surface area contributed by atoms with Crippen LogP contribution in [0.25, 0.3) is 0 Å². The van der Waals surface area contributed by atoms with Gasteiger partial charge in [-0.15, -0.1) is 36.2 Å². The molecule has 1 unspecified atom stereocenters. The number of carbonyl (C=O) groups is 1. The molecule has 0 bridgehead atoms. The first kappa shape index (κ1) is 16.6. The Bertz CT molecular complexity index is 334. The second-order valence-corrected chi connectivity index (χ2v) is 4.60. The number of hydrogen-bond acceptors (Lipinski definition) is 4. The zero-order valence-corrected chi connectivity index (χ0v) is 11.8. The van der Waals surface area contributed by atoms with Gasteiger partial charge in [0.25, 0.3) is 0 Å². The van der Waals surface area contributed by atoms with Crippen molar-refractivity contribution in [1.29, 1.82) is 0 Å². The lowest BCUT2D eigenvalue weighted by Crippen LogP contribution is -2.41. The Hall–Kier alpha value is -0.360. The summed E-state index contributed by atoms with van der Waals surface area (Å²) in [6, 6.07) is 0.162. The Morgan fingerprint density at radius 3 is 2.88 bits per heavy atom. The summed E-state index contributed by atoms with van der Waals surface area (Å²) < 4.78 is 0. The van der Waals surface area contributed by atoms with Crippen molar-refractivity contribution in [2.75, 3.05) is 13.1 Å². The molecule has 2 rings (SSSR count). The molecule has 0 radical (unpaired) electrons. The average molecular weight is 298 g/mol. The van der Waals surface area contributed by atoms with Gasteiger partial charge in [-0.25, -0.2) is 4.98 Å².